The van der Waals surface area contributed by atoms with Crippen molar-refractivity contribution >= 4 is 17.4 Å². The number of rotatable bonds is 4. The third kappa shape index (κ3) is 4.44. The van der Waals surface area contributed by atoms with Gasteiger partial charge in [-0.2, -0.15) is 17.7 Å². The lowest BCUT2D eigenvalue weighted by molar-refractivity contribution is -0.146. The zero-order chi connectivity index (χ0) is 22.2. The number of amides is 1. The molecule has 1 aliphatic heterocycles. The Hall–Kier alpha value is -3.24. The highest BCUT2D eigenvalue weighted by Crippen LogP contribution is 2.29. The van der Waals surface area contributed by atoms with Crippen LogP contribution < -0.4 is 10.2 Å². The van der Waals surface area contributed by atoms with Gasteiger partial charge < -0.3 is 10.2 Å². The number of piperidine rings is 1. The number of benzene rings is 1. The zero-order valence-corrected chi connectivity index (χ0v) is 16.6. The lowest BCUT2D eigenvalue weighted by Gasteiger charge is -2.32. The van der Waals surface area contributed by atoms with Crippen molar-refractivity contribution in [2.45, 2.75) is 32.0 Å². The van der Waals surface area contributed by atoms with Gasteiger partial charge in [0, 0.05) is 19.0 Å². The molecule has 0 unspecified atom stereocenters. The van der Waals surface area contributed by atoms with Gasteiger partial charge >= 0.3 is 6.18 Å². The van der Waals surface area contributed by atoms with E-state index >= 15 is 0 Å². The molecule has 1 N–H and O–H groups in total. The second kappa shape index (κ2) is 8.12. The number of halogens is 4. The third-order valence-electron chi connectivity index (χ3n) is 5.42. The lowest BCUT2D eigenvalue weighted by Crippen LogP contribution is -2.41. The minimum Gasteiger partial charge on any atom is -0.355 e. The molecule has 1 aliphatic rings. The van der Waals surface area contributed by atoms with Crippen LogP contribution in [0.1, 0.15) is 37.2 Å². The number of nitrogens with one attached hydrogen (secondary N) is 1. The van der Waals surface area contributed by atoms with Crippen molar-refractivity contribution in [3.63, 3.8) is 0 Å². The molecule has 0 aliphatic carbocycles. The Labute approximate surface area is 175 Å². The van der Waals surface area contributed by atoms with Crippen molar-refractivity contribution in [3.05, 3.63) is 53.6 Å². The maximum atomic E-state index is 13.1. The highest BCUT2D eigenvalue weighted by molar-refractivity contribution is 5.79. The number of anilines is 1. The van der Waals surface area contributed by atoms with E-state index in [1.165, 1.54) is 18.2 Å². The summed E-state index contributed by atoms with van der Waals surface area (Å²) in [5.74, 6) is -1.46. The van der Waals surface area contributed by atoms with E-state index in [0.29, 0.717) is 36.3 Å². The van der Waals surface area contributed by atoms with Crippen LogP contribution in [0.3, 0.4) is 0 Å². The summed E-state index contributed by atoms with van der Waals surface area (Å²) in [6.07, 6.45) is -3.58. The Morgan fingerprint density at radius 1 is 1.10 bits per heavy atom. The highest BCUT2D eigenvalue weighted by Gasteiger charge is 2.38. The third-order valence-corrected chi connectivity index (χ3v) is 5.42. The van der Waals surface area contributed by atoms with Gasteiger partial charge in [-0.1, -0.05) is 12.1 Å². The van der Waals surface area contributed by atoms with Gasteiger partial charge in [-0.25, -0.2) is 4.39 Å². The molecule has 1 amide bonds. The molecule has 31 heavy (non-hydrogen) atoms. The first kappa shape index (κ1) is 21.0. The van der Waals surface area contributed by atoms with Crippen molar-refractivity contribution < 1.29 is 22.4 Å². The van der Waals surface area contributed by atoms with Crippen LogP contribution in [-0.2, 0) is 11.0 Å². The average molecular weight is 436 g/mol. The molecular formula is C20H20F4N6O. The Balaban J connectivity index is 1.39. The van der Waals surface area contributed by atoms with Gasteiger partial charge in [-0.05, 0) is 49.6 Å². The number of aromatic nitrogens is 4. The number of hydrogen-bond acceptors (Lipinski definition) is 5. The summed E-state index contributed by atoms with van der Waals surface area (Å²) in [6, 6.07) is 8.73. The molecule has 0 spiro atoms. The molecule has 164 valence electrons. The van der Waals surface area contributed by atoms with Crippen LogP contribution in [0.25, 0.3) is 5.65 Å². The zero-order valence-electron chi connectivity index (χ0n) is 16.6. The monoisotopic (exact) mass is 436 g/mol. The summed E-state index contributed by atoms with van der Waals surface area (Å²) >= 11 is 0. The number of hydrogen-bond donors (Lipinski definition) is 1. The molecule has 7 nitrogen and oxygen atoms in total. The first-order valence-electron chi connectivity index (χ1n) is 9.83. The predicted molar refractivity (Wildman–Crippen MR) is 104 cm³/mol. The maximum absolute atomic E-state index is 13.1. The van der Waals surface area contributed by atoms with Crippen molar-refractivity contribution in [1.82, 2.24) is 25.1 Å². The summed E-state index contributed by atoms with van der Waals surface area (Å²) in [6.45, 7) is 2.78. The van der Waals surface area contributed by atoms with E-state index in [1.807, 2.05) is 11.8 Å². The van der Waals surface area contributed by atoms with Gasteiger partial charge in [0.2, 0.25) is 5.91 Å². The summed E-state index contributed by atoms with van der Waals surface area (Å²) in [7, 11) is 0. The Morgan fingerprint density at radius 2 is 1.77 bits per heavy atom. The van der Waals surface area contributed by atoms with Gasteiger partial charge in [0.25, 0.3) is 5.82 Å². The SMILES string of the molecule is C[C@@H](NC(=O)C1CCN(c2ccc3nnc(C(F)(F)F)n3n2)CC1)c1ccc(F)cc1. The van der Waals surface area contributed by atoms with Crippen LogP contribution in [0.15, 0.2) is 36.4 Å². The molecule has 3 heterocycles. The molecule has 0 saturated carbocycles. The molecule has 0 radical (unpaired) electrons. The second-order valence-corrected chi connectivity index (χ2v) is 7.53. The second-order valence-electron chi connectivity index (χ2n) is 7.53. The fourth-order valence-corrected chi connectivity index (χ4v) is 3.66. The van der Waals surface area contributed by atoms with Gasteiger partial charge in [-0.15, -0.1) is 15.3 Å². The van der Waals surface area contributed by atoms with E-state index in [-0.39, 0.29) is 29.3 Å². The number of alkyl halides is 3. The summed E-state index contributed by atoms with van der Waals surface area (Å²) < 4.78 is 53.0. The van der Waals surface area contributed by atoms with E-state index in [4.69, 9.17) is 0 Å². The maximum Gasteiger partial charge on any atom is 0.453 e. The Morgan fingerprint density at radius 3 is 2.42 bits per heavy atom. The van der Waals surface area contributed by atoms with Gasteiger partial charge in [0.1, 0.15) is 11.6 Å². The van der Waals surface area contributed by atoms with E-state index in [0.717, 1.165) is 5.56 Å². The fourth-order valence-electron chi connectivity index (χ4n) is 3.66. The lowest BCUT2D eigenvalue weighted by atomic mass is 9.95. The van der Waals surface area contributed by atoms with Crippen LogP contribution in [0.4, 0.5) is 23.4 Å². The van der Waals surface area contributed by atoms with Gasteiger partial charge in [-0.3, -0.25) is 4.79 Å². The normalized spacial score (nSPS) is 16.5. The molecule has 0 bridgehead atoms. The number of carbonyl (C=O) groups excluding carboxylic acids is 1. The van der Waals surface area contributed by atoms with Crippen LogP contribution in [-0.4, -0.2) is 38.8 Å². The minimum absolute atomic E-state index is 0.0140. The summed E-state index contributed by atoms with van der Waals surface area (Å²) in [5, 5.41) is 13.7. The van der Waals surface area contributed by atoms with E-state index in [1.54, 1.807) is 18.2 Å². The van der Waals surface area contributed by atoms with Crippen LogP contribution in [0.2, 0.25) is 0 Å². The molecule has 1 aromatic carbocycles. The number of carbonyl (C=O) groups is 1. The van der Waals surface area contributed by atoms with Gasteiger partial charge in [0.15, 0.2) is 5.65 Å². The predicted octanol–water partition coefficient (Wildman–Crippen LogP) is 3.38. The molecule has 3 aromatic rings. The molecule has 2 aromatic heterocycles. The van der Waals surface area contributed by atoms with E-state index in [9.17, 15) is 22.4 Å². The summed E-state index contributed by atoms with van der Waals surface area (Å²) in [4.78, 5) is 14.5. The van der Waals surface area contributed by atoms with Crippen LogP contribution in [0.5, 0.6) is 0 Å². The summed E-state index contributed by atoms with van der Waals surface area (Å²) in [5.41, 5.74) is 0.819. The van der Waals surface area contributed by atoms with Crippen LogP contribution >= 0.6 is 0 Å². The molecule has 1 saturated heterocycles. The largest absolute Gasteiger partial charge is 0.453 e. The first-order valence-corrected chi connectivity index (χ1v) is 9.83. The average Bonchev–Trinajstić information content (AvgIpc) is 3.18. The Bertz CT molecular complexity index is 1070. The highest BCUT2D eigenvalue weighted by atomic mass is 19.4. The van der Waals surface area contributed by atoms with Crippen molar-refractivity contribution in [3.8, 4) is 0 Å². The van der Waals surface area contributed by atoms with Crippen molar-refractivity contribution in [1.29, 1.82) is 0 Å². The molecule has 1 atom stereocenters. The van der Waals surface area contributed by atoms with E-state index in [2.05, 4.69) is 20.6 Å². The Kier molecular flexibility index (Phi) is 5.50. The topological polar surface area (TPSA) is 75.4 Å². The number of nitrogens with zero attached hydrogens (tertiary/aromatic N) is 5. The molecule has 11 heteroatoms. The van der Waals surface area contributed by atoms with Crippen molar-refractivity contribution in [2.75, 3.05) is 18.0 Å². The van der Waals surface area contributed by atoms with Gasteiger partial charge in [0.05, 0.1) is 6.04 Å². The minimum atomic E-state index is -4.66. The molecular weight excluding hydrogens is 416 g/mol. The van der Waals surface area contributed by atoms with Crippen LogP contribution in [0, 0.1) is 11.7 Å². The van der Waals surface area contributed by atoms with Crippen molar-refractivity contribution in [2.24, 2.45) is 5.92 Å². The quantitative estimate of drug-likeness (QED) is 0.635. The smallest absolute Gasteiger partial charge is 0.355 e. The van der Waals surface area contributed by atoms with E-state index < -0.39 is 12.0 Å². The molecule has 4 rings (SSSR count). The molecule has 1 fully saturated rings. The standard InChI is InChI=1S/C20H20F4N6O/c1-12(13-2-4-15(21)5-3-13)25-18(31)14-8-10-29(11-9-14)17-7-6-16-26-27-19(20(22,23)24)30(16)28-17/h2-7,12,14H,8-11H2,1H3,(H,25,31)/t12-/m1/s1. The fraction of sp³-hybridized carbons (Fsp3) is 0.400. The number of fused-ring (bicyclic) bond motifs is 1. The first-order chi connectivity index (χ1) is 14.7.